The number of ether oxygens (including phenoxy) is 1. The van der Waals surface area contributed by atoms with Crippen LogP contribution in [-0.2, 0) is 35.5 Å². The molecule has 36 heavy (non-hydrogen) atoms. The van der Waals surface area contributed by atoms with Crippen molar-refractivity contribution in [2.45, 2.75) is 32.4 Å². The average molecular weight is 488 g/mol. The molecule has 0 spiro atoms. The molecule has 0 bridgehead atoms. The van der Waals surface area contributed by atoms with E-state index in [0.717, 1.165) is 22.0 Å². The quantitative estimate of drug-likeness (QED) is 0.416. The zero-order valence-electron chi connectivity index (χ0n) is 19.9. The highest BCUT2D eigenvalue weighted by molar-refractivity contribution is 5.81. The molecule has 0 aliphatic carbocycles. The molecule has 0 unspecified atom stereocenters. The molecule has 3 aromatic carbocycles. The molecule has 0 atom stereocenters. The van der Waals surface area contributed by atoms with Crippen LogP contribution in [0.3, 0.4) is 0 Å². The van der Waals surface area contributed by atoms with Gasteiger partial charge in [0.25, 0.3) is 0 Å². The van der Waals surface area contributed by atoms with E-state index in [1.165, 1.54) is 6.07 Å². The SMILES string of the molecule is COc1ccc(CC(=O)O)cc1-c1ccc(F)c2c1CN(C(=O)CCn1ncc3ccccc31)CC2. The zero-order valence-corrected chi connectivity index (χ0v) is 19.9. The van der Waals surface area contributed by atoms with E-state index in [1.807, 2.05) is 28.9 Å². The van der Waals surface area contributed by atoms with Gasteiger partial charge >= 0.3 is 5.97 Å². The number of halogens is 1. The molecular formula is C28H26FN3O4. The Morgan fingerprint density at radius 2 is 1.92 bits per heavy atom. The average Bonchev–Trinajstić information content (AvgIpc) is 3.30. The van der Waals surface area contributed by atoms with E-state index in [0.29, 0.717) is 42.0 Å². The van der Waals surface area contributed by atoms with Crippen LogP contribution >= 0.6 is 0 Å². The number of nitrogens with zero attached hydrogens (tertiary/aromatic N) is 3. The number of hydrogen-bond donors (Lipinski definition) is 1. The number of methoxy groups -OCH3 is 1. The number of aliphatic carboxylic acids is 1. The van der Waals surface area contributed by atoms with Crippen LogP contribution in [0, 0.1) is 5.82 Å². The fourth-order valence-corrected chi connectivity index (χ4v) is 4.91. The van der Waals surface area contributed by atoms with Gasteiger partial charge in [-0.25, -0.2) is 4.39 Å². The number of carboxylic acids is 1. The number of benzene rings is 3. The number of hydrogen-bond acceptors (Lipinski definition) is 4. The van der Waals surface area contributed by atoms with Crippen molar-refractivity contribution < 1.29 is 23.8 Å². The van der Waals surface area contributed by atoms with Crippen molar-refractivity contribution in [2.75, 3.05) is 13.7 Å². The van der Waals surface area contributed by atoms with Crippen molar-refractivity contribution in [2.24, 2.45) is 0 Å². The second-order valence-corrected chi connectivity index (χ2v) is 8.90. The van der Waals surface area contributed by atoms with Gasteiger partial charge in [-0.15, -0.1) is 0 Å². The number of rotatable bonds is 7. The summed E-state index contributed by atoms with van der Waals surface area (Å²) < 4.78 is 22.2. The van der Waals surface area contributed by atoms with E-state index in [4.69, 9.17) is 4.74 Å². The lowest BCUT2D eigenvalue weighted by molar-refractivity contribution is -0.136. The largest absolute Gasteiger partial charge is 0.496 e. The van der Waals surface area contributed by atoms with Gasteiger partial charge in [-0.2, -0.15) is 5.10 Å². The molecule has 0 saturated carbocycles. The number of carbonyl (C=O) groups excluding carboxylic acids is 1. The standard InChI is InChI=1S/C28H26FN3O4/c1-36-26-9-6-18(15-28(34)35)14-22(26)20-7-8-24(29)21-10-12-31(17-23(20)21)27(33)11-13-32-25-5-3-2-4-19(25)16-30-32/h2-9,14,16H,10-13,15,17H2,1H3,(H,34,35). The molecule has 184 valence electrons. The summed E-state index contributed by atoms with van der Waals surface area (Å²) >= 11 is 0. The van der Waals surface area contributed by atoms with Gasteiger partial charge in [0.2, 0.25) is 5.91 Å². The summed E-state index contributed by atoms with van der Waals surface area (Å²) in [5.41, 5.74) is 4.33. The Morgan fingerprint density at radius 3 is 2.72 bits per heavy atom. The van der Waals surface area contributed by atoms with Gasteiger partial charge in [-0.05, 0) is 52.9 Å². The Hall–Kier alpha value is -4.20. The number of amides is 1. The third kappa shape index (κ3) is 4.54. The minimum Gasteiger partial charge on any atom is -0.496 e. The molecule has 1 N–H and O–H groups in total. The third-order valence-electron chi connectivity index (χ3n) is 6.71. The summed E-state index contributed by atoms with van der Waals surface area (Å²) in [5.74, 6) is -0.701. The molecular weight excluding hydrogens is 461 g/mol. The Kier molecular flexibility index (Phi) is 6.41. The molecule has 0 saturated heterocycles. The lowest BCUT2D eigenvalue weighted by Gasteiger charge is -2.31. The Balaban J connectivity index is 1.42. The van der Waals surface area contributed by atoms with Crippen LogP contribution in [0.5, 0.6) is 5.75 Å². The number of aromatic nitrogens is 2. The summed E-state index contributed by atoms with van der Waals surface area (Å²) in [6, 6.07) is 16.2. The Labute approximate surface area is 207 Å². The fourth-order valence-electron chi connectivity index (χ4n) is 4.91. The first-order valence-electron chi connectivity index (χ1n) is 11.8. The predicted octanol–water partition coefficient (Wildman–Crippen LogP) is 4.45. The maximum atomic E-state index is 14.8. The minimum absolute atomic E-state index is 0.0259. The summed E-state index contributed by atoms with van der Waals surface area (Å²) in [4.78, 5) is 26.2. The highest BCUT2D eigenvalue weighted by atomic mass is 19.1. The molecule has 7 nitrogen and oxygen atoms in total. The van der Waals surface area contributed by atoms with Crippen LogP contribution in [0.1, 0.15) is 23.1 Å². The van der Waals surface area contributed by atoms with E-state index >= 15 is 0 Å². The Bertz CT molecular complexity index is 1460. The summed E-state index contributed by atoms with van der Waals surface area (Å²) in [6.07, 6.45) is 2.34. The molecule has 5 rings (SSSR count). The van der Waals surface area contributed by atoms with Gasteiger partial charge in [0.1, 0.15) is 11.6 Å². The molecule has 1 aromatic heterocycles. The van der Waals surface area contributed by atoms with E-state index in [1.54, 1.807) is 42.5 Å². The van der Waals surface area contributed by atoms with E-state index in [2.05, 4.69) is 5.10 Å². The molecule has 1 aliphatic rings. The zero-order chi connectivity index (χ0) is 25.2. The van der Waals surface area contributed by atoms with Crippen molar-refractivity contribution in [1.82, 2.24) is 14.7 Å². The fraction of sp³-hybridized carbons (Fsp3) is 0.250. The molecule has 1 amide bonds. The van der Waals surface area contributed by atoms with Gasteiger partial charge in [0, 0.05) is 30.5 Å². The monoisotopic (exact) mass is 487 g/mol. The van der Waals surface area contributed by atoms with Gasteiger partial charge in [-0.3, -0.25) is 14.3 Å². The van der Waals surface area contributed by atoms with Crippen molar-refractivity contribution in [3.05, 3.63) is 83.3 Å². The maximum Gasteiger partial charge on any atom is 0.307 e. The van der Waals surface area contributed by atoms with Crippen LogP contribution in [0.4, 0.5) is 4.39 Å². The predicted molar refractivity (Wildman–Crippen MR) is 133 cm³/mol. The third-order valence-corrected chi connectivity index (χ3v) is 6.71. The molecule has 8 heteroatoms. The van der Waals surface area contributed by atoms with Crippen LogP contribution in [0.25, 0.3) is 22.0 Å². The lowest BCUT2D eigenvalue weighted by Crippen LogP contribution is -2.37. The van der Waals surface area contributed by atoms with Crippen LogP contribution < -0.4 is 4.74 Å². The van der Waals surface area contributed by atoms with E-state index in [-0.39, 0.29) is 31.1 Å². The number of carboxylic acid groups (broad SMARTS) is 1. The second-order valence-electron chi connectivity index (χ2n) is 8.90. The number of fused-ring (bicyclic) bond motifs is 2. The highest BCUT2D eigenvalue weighted by Crippen LogP contribution is 2.38. The maximum absolute atomic E-state index is 14.8. The van der Waals surface area contributed by atoms with Crippen LogP contribution in [-0.4, -0.2) is 45.3 Å². The molecule has 1 aliphatic heterocycles. The van der Waals surface area contributed by atoms with Gasteiger partial charge < -0.3 is 14.7 Å². The van der Waals surface area contributed by atoms with Crippen LogP contribution in [0.15, 0.2) is 60.8 Å². The van der Waals surface area contributed by atoms with E-state index < -0.39 is 5.97 Å². The van der Waals surface area contributed by atoms with Crippen LogP contribution in [0.2, 0.25) is 0 Å². The van der Waals surface area contributed by atoms with Gasteiger partial charge in [0.15, 0.2) is 0 Å². The van der Waals surface area contributed by atoms with Crippen molar-refractivity contribution >= 4 is 22.8 Å². The van der Waals surface area contributed by atoms with Gasteiger partial charge in [-0.1, -0.05) is 30.3 Å². The molecule has 2 heterocycles. The smallest absolute Gasteiger partial charge is 0.307 e. The number of para-hydroxylation sites is 1. The lowest BCUT2D eigenvalue weighted by atomic mass is 9.89. The molecule has 0 fully saturated rings. The number of carbonyl (C=O) groups is 2. The first kappa shape index (κ1) is 23.5. The van der Waals surface area contributed by atoms with E-state index in [9.17, 15) is 19.1 Å². The number of aryl methyl sites for hydroxylation is 1. The molecule has 4 aromatic rings. The summed E-state index contributed by atoms with van der Waals surface area (Å²) in [7, 11) is 1.54. The summed E-state index contributed by atoms with van der Waals surface area (Å²) in [5, 5.41) is 14.7. The minimum atomic E-state index is -0.936. The van der Waals surface area contributed by atoms with Crippen molar-refractivity contribution in [3.8, 4) is 16.9 Å². The second kappa shape index (κ2) is 9.81. The topological polar surface area (TPSA) is 84.7 Å². The first-order valence-corrected chi connectivity index (χ1v) is 11.8. The van der Waals surface area contributed by atoms with Crippen molar-refractivity contribution in [3.63, 3.8) is 0 Å². The highest BCUT2D eigenvalue weighted by Gasteiger charge is 2.26. The molecule has 0 radical (unpaired) electrons. The van der Waals surface area contributed by atoms with Crippen molar-refractivity contribution in [1.29, 1.82) is 0 Å². The summed E-state index contributed by atoms with van der Waals surface area (Å²) in [6.45, 7) is 1.16. The first-order chi connectivity index (χ1) is 17.4. The normalized spacial score (nSPS) is 13.0. The van der Waals surface area contributed by atoms with Gasteiger partial charge in [0.05, 0.1) is 31.8 Å². The Morgan fingerprint density at radius 1 is 1.08 bits per heavy atom.